The van der Waals surface area contributed by atoms with Crippen LogP contribution < -0.4 is 4.87 Å². The lowest BCUT2D eigenvalue weighted by Crippen LogP contribution is -2.51. The van der Waals surface area contributed by atoms with Crippen LogP contribution in [0.25, 0.3) is 10.2 Å². The molecule has 1 aliphatic carbocycles. The minimum absolute atomic E-state index is 0.0563. The van der Waals surface area contributed by atoms with Crippen LogP contribution in [0.1, 0.15) is 12.8 Å². The summed E-state index contributed by atoms with van der Waals surface area (Å²) in [6, 6.07) is 7.52. The Labute approximate surface area is 143 Å². The fourth-order valence-electron chi connectivity index (χ4n) is 3.16. The van der Waals surface area contributed by atoms with Crippen molar-refractivity contribution in [3.63, 3.8) is 0 Å². The van der Waals surface area contributed by atoms with Gasteiger partial charge in [0, 0.05) is 32.1 Å². The quantitative estimate of drug-likeness (QED) is 0.838. The molecule has 0 atom stereocenters. The summed E-state index contributed by atoms with van der Waals surface area (Å²) in [5, 5.41) is 0. The Morgan fingerprint density at radius 2 is 1.71 bits per heavy atom. The van der Waals surface area contributed by atoms with Crippen molar-refractivity contribution in [3.8, 4) is 0 Å². The molecule has 2 fully saturated rings. The van der Waals surface area contributed by atoms with Crippen LogP contribution in [0.5, 0.6) is 0 Å². The third kappa shape index (κ3) is 2.84. The molecule has 24 heavy (non-hydrogen) atoms. The monoisotopic (exact) mass is 345 g/mol. The van der Waals surface area contributed by atoms with E-state index in [4.69, 9.17) is 0 Å². The predicted molar refractivity (Wildman–Crippen MR) is 92.0 cm³/mol. The zero-order valence-corrected chi connectivity index (χ0v) is 14.1. The normalized spacial score (nSPS) is 18.2. The summed E-state index contributed by atoms with van der Waals surface area (Å²) in [5.41, 5.74) is 0.809. The topological polar surface area (TPSA) is 62.6 Å². The van der Waals surface area contributed by atoms with Crippen molar-refractivity contribution in [2.75, 3.05) is 26.2 Å². The summed E-state index contributed by atoms with van der Waals surface area (Å²) < 4.78 is 2.44. The first kappa shape index (κ1) is 15.4. The number of carbonyl (C=O) groups is 2. The predicted octanol–water partition coefficient (Wildman–Crippen LogP) is 1.14. The number of aromatic nitrogens is 1. The van der Waals surface area contributed by atoms with E-state index >= 15 is 0 Å². The number of carbonyl (C=O) groups excluding carboxylic acids is 2. The molecule has 2 amide bonds. The van der Waals surface area contributed by atoms with Crippen molar-refractivity contribution in [1.82, 2.24) is 14.4 Å². The highest BCUT2D eigenvalue weighted by molar-refractivity contribution is 7.16. The lowest BCUT2D eigenvalue weighted by atomic mass is 10.2. The first-order valence-corrected chi connectivity index (χ1v) is 9.10. The van der Waals surface area contributed by atoms with Crippen LogP contribution in [0.2, 0.25) is 0 Å². The molecule has 1 aromatic carbocycles. The Bertz CT molecular complexity index is 844. The van der Waals surface area contributed by atoms with Gasteiger partial charge in [-0.2, -0.15) is 0 Å². The molecule has 2 heterocycles. The highest BCUT2D eigenvalue weighted by atomic mass is 32.1. The highest BCUT2D eigenvalue weighted by Gasteiger charge is 2.35. The molecule has 0 spiro atoms. The zero-order chi connectivity index (χ0) is 16.7. The molecule has 126 valence electrons. The maximum absolute atomic E-state index is 12.6. The second-order valence-corrected chi connectivity index (χ2v) is 7.40. The van der Waals surface area contributed by atoms with Gasteiger partial charge in [0.15, 0.2) is 0 Å². The number of hydrogen-bond acceptors (Lipinski definition) is 4. The van der Waals surface area contributed by atoms with Crippen molar-refractivity contribution in [2.45, 2.75) is 19.4 Å². The smallest absolute Gasteiger partial charge is 0.308 e. The highest BCUT2D eigenvalue weighted by Crippen LogP contribution is 2.31. The van der Waals surface area contributed by atoms with Crippen LogP contribution in [0.4, 0.5) is 0 Å². The van der Waals surface area contributed by atoms with Gasteiger partial charge in [0.25, 0.3) is 0 Å². The third-order valence-corrected chi connectivity index (χ3v) is 5.70. The van der Waals surface area contributed by atoms with Crippen LogP contribution in [-0.2, 0) is 16.1 Å². The minimum Gasteiger partial charge on any atom is -0.339 e. The van der Waals surface area contributed by atoms with Crippen molar-refractivity contribution in [1.29, 1.82) is 0 Å². The number of nitrogens with zero attached hydrogens (tertiary/aromatic N) is 3. The lowest BCUT2D eigenvalue weighted by Gasteiger charge is -2.35. The molecule has 1 aliphatic heterocycles. The Morgan fingerprint density at radius 1 is 1.04 bits per heavy atom. The van der Waals surface area contributed by atoms with Gasteiger partial charge in [-0.1, -0.05) is 23.5 Å². The molecule has 1 saturated carbocycles. The number of amides is 2. The molecule has 1 saturated heterocycles. The number of thiazole rings is 1. The average molecular weight is 345 g/mol. The first-order valence-electron chi connectivity index (χ1n) is 8.28. The molecule has 2 aromatic rings. The molecular formula is C17H19N3O3S. The van der Waals surface area contributed by atoms with Gasteiger partial charge in [0.05, 0.1) is 10.2 Å². The summed E-state index contributed by atoms with van der Waals surface area (Å²) in [4.78, 5) is 40.3. The number of fused-ring (bicyclic) bond motifs is 1. The lowest BCUT2D eigenvalue weighted by molar-refractivity contribution is -0.140. The van der Waals surface area contributed by atoms with Gasteiger partial charge >= 0.3 is 4.87 Å². The fraction of sp³-hybridized carbons (Fsp3) is 0.471. The molecule has 0 radical (unpaired) electrons. The van der Waals surface area contributed by atoms with Crippen molar-refractivity contribution < 1.29 is 9.59 Å². The van der Waals surface area contributed by atoms with Crippen molar-refractivity contribution >= 4 is 33.4 Å². The molecule has 0 unspecified atom stereocenters. The van der Waals surface area contributed by atoms with Gasteiger partial charge < -0.3 is 9.80 Å². The summed E-state index contributed by atoms with van der Waals surface area (Å²) in [6.45, 7) is 2.36. The number of rotatable bonds is 3. The largest absolute Gasteiger partial charge is 0.339 e. The van der Waals surface area contributed by atoms with E-state index in [-0.39, 0.29) is 29.1 Å². The standard InChI is InChI=1S/C17H19N3O3S/c21-15(11-20-13-3-1-2-4-14(13)24-17(20)23)18-7-9-19(10-8-18)16(22)12-5-6-12/h1-4,12H,5-11H2. The van der Waals surface area contributed by atoms with Gasteiger partial charge in [-0.3, -0.25) is 19.0 Å². The van der Waals surface area contributed by atoms with Gasteiger partial charge in [-0.25, -0.2) is 0 Å². The van der Waals surface area contributed by atoms with Gasteiger partial charge in [-0.15, -0.1) is 0 Å². The number of piperazine rings is 1. The van der Waals surface area contributed by atoms with Crippen molar-refractivity contribution in [3.05, 3.63) is 33.9 Å². The third-order valence-electron chi connectivity index (χ3n) is 4.74. The molecule has 1 aromatic heterocycles. The second-order valence-electron chi connectivity index (χ2n) is 6.40. The SMILES string of the molecule is O=C(Cn1c(=O)sc2ccccc21)N1CCN(C(=O)C2CC2)CC1. The second kappa shape index (κ2) is 6.05. The molecule has 4 rings (SSSR count). The van der Waals surface area contributed by atoms with Gasteiger partial charge in [-0.05, 0) is 25.0 Å². The fourth-order valence-corrected chi connectivity index (χ4v) is 4.05. The van der Waals surface area contributed by atoms with Crippen LogP contribution in [0.3, 0.4) is 0 Å². The van der Waals surface area contributed by atoms with Gasteiger partial charge in [0.2, 0.25) is 11.8 Å². The molecule has 7 heteroatoms. The number of hydrogen-bond donors (Lipinski definition) is 0. The molecule has 0 N–H and O–H groups in total. The minimum atomic E-state index is -0.105. The van der Waals surface area contributed by atoms with Crippen LogP contribution in [0.15, 0.2) is 29.1 Å². The van der Waals surface area contributed by atoms with E-state index in [9.17, 15) is 14.4 Å². The number of benzene rings is 1. The summed E-state index contributed by atoms with van der Waals surface area (Å²) in [6.07, 6.45) is 2.01. The summed E-state index contributed by atoms with van der Waals surface area (Å²) in [5.74, 6) is 0.407. The zero-order valence-electron chi connectivity index (χ0n) is 13.3. The van der Waals surface area contributed by atoms with Crippen LogP contribution in [0, 0.1) is 5.92 Å². The first-order chi connectivity index (χ1) is 11.6. The van der Waals surface area contributed by atoms with E-state index < -0.39 is 0 Å². The Kier molecular flexibility index (Phi) is 3.88. The van der Waals surface area contributed by atoms with Gasteiger partial charge in [0.1, 0.15) is 6.54 Å². The van der Waals surface area contributed by atoms with Crippen LogP contribution >= 0.6 is 11.3 Å². The average Bonchev–Trinajstić information content (AvgIpc) is 3.40. The Morgan fingerprint density at radius 3 is 2.42 bits per heavy atom. The van der Waals surface area contributed by atoms with E-state index in [0.29, 0.717) is 26.2 Å². The summed E-state index contributed by atoms with van der Waals surface area (Å²) >= 11 is 1.17. The molecular weight excluding hydrogens is 326 g/mol. The maximum atomic E-state index is 12.6. The Balaban J connectivity index is 1.42. The summed E-state index contributed by atoms with van der Waals surface area (Å²) in [7, 11) is 0. The van der Waals surface area contributed by atoms with Crippen LogP contribution in [-0.4, -0.2) is 52.4 Å². The van der Waals surface area contributed by atoms with E-state index in [2.05, 4.69) is 0 Å². The van der Waals surface area contributed by atoms with E-state index in [0.717, 1.165) is 23.1 Å². The molecule has 0 bridgehead atoms. The Hall–Kier alpha value is -2.15. The van der Waals surface area contributed by atoms with E-state index in [1.54, 1.807) is 9.47 Å². The molecule has 2 aliphatic rings. The maximum Gasteiger partial charge on any atom is 0.308 e. The van der Waals surface area contributed by atoms with E-state index in [1.807, 2.05) is 29.2 Å². The molecule has 6 nitrogen and oxygen atoms in total. The number of para-hydroxylation sites is 1. The van der Waals surface area contributed by atoms with E-state index in [1.165, 1.54) is 11.3 Å². The van der Waals surface area contributed by atoms with Crippen molar-refractivity contribution in [2.24, 2.45) is 5.92 Å².